The minimum absolute atomic E-state index is 0.178. The number of para-hydroxylation sites is 1. The van der Waals surface area contributed by atoms with Crippen LogP contribution in [0.5, 0.6) is 0 Å². The summed E-state index contributed by atoms with van der Waals surface area (Å²) in [5.74, 6) is 0.389. The molecule has 1 rings (SSSR count). The van der Waals surface area contributed by atoms with Gasteiger partial charge in [-0.2, -0.15) is 0 Å². The molecule has 2 atom stereocenters. The standard InChI is InChI=1S/C13H20N2O2/c1-3-12(14)10(2)8-9-11-6-4-5-7-13(11)15(16)17/h4-7,10,12H,3,8-9,14H2,1-2H3. The zero-order valence-corrected chi connectivity index (χ0v) is 10.4. The first-order valence-electron chi connectivity index (χ1n) is 6.04. The van der Waals surface area contributed by atoms with Crippen LogP contribution in [0.25, 0.3) is 0 Å². The Morgan fingerprint density at radius 1 is 1.41 bits per heavy atom. The molecule has 0 bridgehead atoms. The van der Waals surface area contributed by atoms with Crippen LogP contribution in [-0.4, -0.2) is 11.0 Å². The van der Waals surface area contributed by atoms with Crippen LogP contribution in [0.2, 0.25) is 0 Å². The second-order valence-electron chi connectivity index (χ2n) is 4.47. The Hall–Kier alpha value is -1.42. The number of hydrogen-bond acceptors (Lipinski definition) is 3. The van der Waals surface area contributed by atoms with Crippen LogP contribution in [0.1, 0.15) is 32.3 Å². The van der Waals surface area contributed by atoms with Crippen molar-refractivity contribution in [3.05, 3.63) is 39.9 Å². The van der Waals surface area contributed by atoms with Crippen molar-refractivity contribution in [1.29, 1.82) is 0 Å². The van der Waals surface area contributed by atoms with E-state index in [1.807, 2.05) is 12.1 Å². The van der Waals surface area contributed by atoms with Crippen LogP contribution in [0, 0.1) is 16.0 Å². The summed E-state index contributed by atoms with van der Waals surface area (Å²) in [6.07, 6.45) is 2.55. The third-order valence-corrected chi connectivity index (χ3v) is 3.26. The molecule has 0 heterocycles. The van der Waals surface area contributed by atoms with Gasteiger partial charge in [0.15, 0.2) is 0 Å². The molecule has 0 spiro atoms. The summed E-state index contributed by atoms with van der Waals surface area (Å²) in [5.41, 5.74) is 6.96. The summed E-state index contributed by atoms with van der Waals surface area (Å²) < 4.78 is 0. The van der Waals surface area contributed by atoms with Gasteiger partial charge < -0.3 is 5.73 Å². The van der Waals surface area contributed by atoms with Gasteiger partial charge in [-0.15, -0.1) is 0 Å². The highest BCUT2D eigenvalue weighted by Gasteiger charge is 2.15. The van der Waals surface area contributed by atoms with Crippen molar-refractivity contribution in [2.24, 2.45) is 11.7 Å². The van der Waals surface area contributed by atoms with Crippen molar-refractivity contribution in [2.75, 3.05) is 0 Å². The monoisotopic (exact) mass is 236 g/mol. The molecule has 1 aromatic rings. The van der Waals surface area contributed by atoms with Gasteiger partial charge in [0.1, 0.15) is 0 Å². The maximum atomic E-state index is 10.8. The quantitative estimate of drug-likeness (QED) is 0.610. The number of benzene rings is 1. The lowest BCUT2D eigenvalue weighted by atomic mass is 9.93. The number of nitrogens with two attached hydrogens (primary N) is 1. The molecule has 0 saturated heterocycles. The summed E-state index contributed by atoms with van der Waals surface area (Å²) in [4.78, 5) is 10.5. The molecule has 0 aliphatic heterocycles. The summed E-state index contributed by atoms with van der Waals surface area (Å²) in [5, 5.41) is 10.8. The Balaban J connectivity index is 2.66. The topological polar surface area (TPSA) is 69.2 Å². The molecule has 1 aromatic carbocycles. The van der Waals surface area contributed by atoms with E-state index in [9.17, 15) is 10.1 Å². The van der Waals surface area contributed by atoms with E-state index in [1.54, 1.807) is 12.1 Å². The summed E-state index contributed by atoms with van der Waals surface area (Å²) in [7, 11) is 0. The molecule has 0 aromatic heterocycles. The smallest absolute Gasteiger partial charge is 0.272 e. The zero-order valence-electron chi connectivity index (χ0n) is 10.4. The fourth-order valence-corrected chi connectivity index (χ4v) is 1.90. The van der Waals surface area contributed by atoms with Crippen molar-refractivity contribution in [2.45, 2.75) is 39.2 Å². The third-order valence-electron chi connectivity index (χ3n) is 3.26. The minimum Gasteiger partial charge on any atom is -0.327 e. The number of nitrogens with zero attached hydrogens (tertiary/aromatic N) is 1. The Labute approximate surface area is 102 Å². The Bertz CT molecular complexity index is 379. The second-order valence-corrected chi connectivity index (χ2v) is 4.47. The lowest BCUT2D eigenvalue weighted by molar-refractivity contribution is -0.385. The largest absolute Gasteiger partial charge is 0.327 e. The molecule has 2 unspecified atom stereocenters. The molecule has 0 fully saturated rings. The number of rotatable bonds is 6. The SMILES string of the molecule is CCC(N)C(C)CCc1ccccc1[N+](=O)[O-]. The van der Waals surface area contributed by atoms with E-state index in [1.165, 1.54) is 0 Å². The van der Waals surface area contributed by atoms with Gasteiger partial charge in [0.25, 0.3) is 5.69 Å². The van der Waals surface area contributed by atoms with Crippen molar-refractivity contribution in [3.8, 4) is 0 Å². The summed E-state index contributed by atoms with van der Waals surface area (Å²) >= 11 is 0. The first-order valence-corrected chi connectivity index (χ1v) is 6.04. The maximum absolute atomic E-state index is 10.8. The third kappa shape index (κ3) is 3.82. The molecule has 4 nitrogen and oxygen atoms in total. The van der Waals surface area contributed by atoms with Gasteiger partial charge in [-0.3, -0.25) is 10.1 Å². The Morgan fingerprint density at radius 3 is 2.65 bits per heavy atom. The molecule has 4 heteroatoms. The highest BCUT2D eigenvalue weighted by Crippen LogP contribution is 2.21. The minimum atomic E-state index is -0.320. The fraction of sp³-hybridized carbons (Fsp3) is 0.538. The maximum Gasteiger partial charge on any atom is 0.272 e. The number of aryl methyl sites for hydroxylation is 1. The van der Waals surface area contributed by atoms with E-state index in [0.29, 0.717) is 12.3 Å². The molecular formula is C13H20N2O2. The highest BCUT2D eigenvalue weighted by molar-refractivity contribution is 5.39. The molecular weight excluding hydrogens is 216 g/mol. The first kappa shape index (κ1) is 13.6. The molecule has 17 heavy (non-hydrogen) atoms. The van der Waals surface area contributed by atoms with Crippen LogP contribution in [0.15, 0.2) is 24.3 Å². The Kier molecular flexibility index (Phi) is 5.10. The van der Waals surface area contributed by atoms with Gasteiger partial charge in [0.05, 0.1) is 4.92 Å². The Morgan fingerprint density at radius 2 is 2.06 bits per heavy atom. The second kappa shape index (κ2) is 6.35. The van der Waals surface area contributed by atoms with E-state index >= 15 is 0 Å². The van der Waals surface area contributed by atoms with Gasteiger partial charge in [-0.1, -0.05) is 32.0 Å². The lowest BCUT2D eigenvalue weighted by Crippen LogP contribution is -2.27. The van der Waals surface area contributed by atoms with Crippen molar-refractivity contribution < 1.29 is 4.92 Å². The zero-order chi connectivity index (χ0) is 12.8. The number of nitro benzene ring substituents is 1. The molecule has 0 aliphatic carbocycles. The van der Waals surface area contributed by atoms with Gasteiger partial charge in [-0.25, -0.2) is 0 Å². The number of nitro groups is 1. The first-order chi connectivity index (χ1) is 8.06. The van der Waals surface area contributed by atoms with Crippen molar-refractivity contribution in [3.63, 3.8) is 0 Å². The van der Waals surface area contributed by atoms with Crippen LogP contribution in [0.4, 0.5) is 5.69 Å². The molecule has 0 amide bonds. The summed E-state index contributed by atoms with van der Waals surface area (Å²) in [6.45, 7) is 4.16. The van der Waals surface area contributed by atoms with Gasteiger partial charge in [0, 0.05) is 17.7 Å². The van der Waals surface area contributed by atoms with Gasteiger partial charge in [-0.05, 0) is 25.2 Å². The van der Waals surface area contributed by atoms with Crippen molar-refractivity contribution >= 4 is 5.69 Å². The van der Waals surface area contributed by atoms with Crippen LogP contribution >= 0.6 is 0 Å². The highest BCUT2D eigenvalue weighted by atomic mass is 16.6. The molecule has 0 aliphatic rings. The van der Waals surface area contributed by atoms with E-state index in [2.05, 4.69) is 13.8 Å². The van der Waals surface area contributed by atoms with E-state index in [4.69, 9.17) is 5.73 Å². The van der Waals surface area contributed by atoms with E-state index < -0.39 is 0 Å². The molecule has 0 radical (unpaired) electrons. The fourth-order valence-electron chi connectivity index (χ4n) is 1.90. The average molecular weight is 236 g/mol. The van der Waals surface area contributed by atoms with Gasteiger partial charge >= 0.3 is 0 Å². The predicted octanol–water partition coefficient (Wildman–Crippen LogP) is 2.90. The van der Waals surface area contributed by atoms with Crippen LogP contribution in [0.3, 0.4) is 0 Å². The average Bonchev–Trinajstić information content (AvgIpc) is 2.35. The summed E-state index contributed by atoms with van der Waals surface area (Å²) in [6, 6.07) is 7.09. The van der Waals surface area contributed by atoms with Crippen molar-refractivity contribution in [1.82, 2.24) is 0 Å². The van der Waals surface area contributed by atoms with E-state index in [0.717, 1.165) is 18.4 Å². The molecule has 2 N–H and O–H groups in total. The number of hydrogen-bond donors (Lipinski definition) is 1. The predicted molar refractivity (Wildman–Crippen MR) is 68.8 cm³/mol. The normalized spacial score (nSPS) is 14.3. The molecule has 94 valence electrons. The van der Waals surface area contributed by atoms with Gasteiger partial charge in [0.2, 0.25) is 0 Å². The van der Waals surface area contributed by atoms with Crippen LogP contribution < -0.4 is 5.73 Å². The molecule has 0 saturated carbocycles. The van der Waals surface area contributed by atoms with Crippen LogP contribution in [-0.2, 0) is 6.42 Å². The lowest BCUT2D eigenvalue weighted by Gasteiger charge is -2.17. The van der Waals surface area contributed by atoms with E-state index in [-0.39, 0.29) is 16.7 Å².